The smallest absolute Gasteiger partial charge is 0.382 e. The van der Waals surface area contributed by atoms with Crippen molar-refractivity contribution >= 4 is 5.96 Å². The molecule has 0 aromatic heterocycles. The van der Waals surface area contributed by atoms with E-state index in [0.29, 0.717) is 45.2 Å². The van der Waals surface area contributed by atoms with E-state index >= 15 is 0 Å². The molecule has 6 nitrogen and oxygen atoms in total. The molecule has 2 unspecified atom stereocenters. The quantitative estimate of drug-likeness (QED) is 0.417. The second-order valence-electron chi connectivity index (χ2n) is 6.70. The van der Waals surface area contributed by atoms with Crippen molar-refractivity contribution in [1.82, 2.24) is 15.1 Å². The minimum atomic E-state index is -4.14. The molecule has 0 bridgehead atoms. The Kier molecular flexibility index (Phi) is 7.77. The Morgan fingerprint density at radius 3 is 2.68 bits per heavy atom. The van der Waals surface area contributed by atoms with E-state index in [1.807, 2.05) is 0 Å². The highest BCUT2D eigenvalue weighted by molar-refractivity contribution is 5.80. The van der Waals surface area contributed by atoms with Crippen molar-refractivity contribution in [3.8, 4) is 0 Å². The molecule has 9 heteroatoms. The Morgan fingerprint density at radius 2 is 2.00 bits per heavy atom. The summed E-state index contributed by atoms with van der Waals surface area (Å²) in [5.74, 6) is 1.22. The zero-order valence-electron chi connectivity index (χ0n) is 15.0. The predicted molar refractivity (Wildman–Crippen MR) is 89.8 cm³/mol. The third-order valence-corrected chi connectivity index (χ3v) is 4.59. The average Bonchev–Trinajstić information content (AvgIpc) is 3.17. The fourth-order valence-corrected chi connectivity index (χ4v) is 3.38. The van der Waals surface area contributed by atoms with Crippen molar-refractivity contribution in [2.45, 2.75) is 25.1 Å². The van der Waals surface area contributed by atoms with E-state index in [0.717, 1.165) is 25.5 Å². The van der Waals surface area contributed by atoms with E-state index in [1.54, 1.807) is 14.2 Å². The normalized spacial score (nSPS) is 25.8. The number of nitrogens with zero attached hydrogens (tertiary/aromatic N) is 3. The van der Waals surface area contributed by atoms with Crippen LogP contribution >= 0.6 is 0 Å². The molecule has 2 aliphatic heterocycles. The van der Waals surface area contributed by atoms with Crippen LogP contribution in [0, 0.1) is 5.92 Å². The summed E-state index contributed by atoms with van der Waals surface area (Å²) < 4.78 is 48.0. The fourth-order valence-electron chi connectivity index (χ4n) is 3.38. The molecule has 25 heavy (non-hydrogen) atoms. The van der Waals surface area contributed by atoms with Gasteiger partial charge in [-0.15, -0.1) is 0 Å². The van der Waals surface area contributed by atoms with Crippen LogP contribution in [0.1, 0.15) is 12.8 Å². The number of likely N-dealkylation sites (tertiary alicyclic amines) is 2. The zero-order chi connectivity index (χ0) is 18.3. The van der Waals surface area contributed by atoms with Gasteiger partial charge in [-0.3, -0.25) is 9.89 Å². The lowest BCUT2D eigenvalue weighted by molar-refractivity contribution is -0.143. The molecule has 0 radical (unpaired) electrons. The first-order valence-electron chi connectivity index (χ1n) is 8.75. The molecule has 0 aliphatic carbocycles. The zero-order valence-corrected chi connectivity index (χ0v) is 15.0. The summed E-state index contributed by atoms with van der Waals surface area (Å²) in [6.45, 7) is 3.64. The largest absolute Gasteiger partial charge is 0.401 e. The van der Waals surface area contributed by atoms with Crippen molar-refractivity contribution in [2.75, 3.05) is 66.7 Å². The number of ether oxygens (including phenoxy) is 2. The summed E-state index contributed by atoms with van der Waals surface area (Å²) in [6.07, 6.45) is -2.41. The van der Waals surface area contributed by atoms with E-state index in [1.165, 1.54) is 4.90 Å². The summed E-state index contributed by atoms with van der Waals surface area (Å²) in [7, 11) is 3.36. The third-order valence-electron chi connectivity index (χ3n) is 4.59. The Morgan fingerprint density at radius 1 is 1.20 bits per heavy atom. The highest BCUT2D eigenvalue weighted by Crippen LogP contribution is 2.21. The Balaban J connectivity index is 1.72. The first-order chi connectivity index (χ1) is 11.9. The van der Waals surface area contributed by atoms with Crippen LogP contribution in [0.5, 0.6) is 0 Å². The minimum absolute atomic E-state index is 0.0121. The Labute approximate surface area is 147 Å². The van der Waals surface area contributed by atoms with Crippen LogP contribution in [0.4, 0.5) is 13.2 Å². The molecule has 2 heterocycles. The number of halogens is 3. The maximum absolute atomic E-state index is 12.5. The molecule has 0 amide bonds. The lowest BCUT2D eigenvalue weighted by Crippen LogP contribution is -2.46. The van der Waals surface area contributed by atoms with Crippen LogP contribution in [-0.2, 0) is 9.47 Å². The number of guanidine groups is 1. The molecular weight excluding hydrogens is 337 g/mol. The van der Waals surface area contributed by atoms with Gasteiger partial charge < -0.3 is 19.7 Å². The maximum Gasteiger partial charge on any atom is 0.401 e. The molecule has 146 valence electrons. The van der Waals surface area contributed by atoms with Crippen molar-refractivity contribution in [3.05, 3.63) is 0 Å². The van der Waals surface area contributed by atoms with Gasteiger partial charge in [0, 0.05) is 52.3 Å². The Hall–Kier alpha value is -1.06. The molecule has 2 rings (SSSR count). The first-order valence-corrected chi connectivity index (χ1v) is 8.75. The topological polar surface area (TPSA) is 49.3 Å². The van der Waals surface area contributed by atoms with Crippen LogP contribution in [0.25, 0.3) is 0 Å². The highest BCUT2D eigenvalue weighted by Gasteiger charge is 2.35. The lowest BCUT2D eigenvalue weighted by atomic mass is 10.1. The van der Waals surface area contributed by atoms with E-state index in [-0.39, 0.29) is 6.04 Å². The third kappa shape index (κ3) is 6.99. The van der Waals surface area contributed by atoms with Crippen LogP contribution in [0.3, 0.4) is 0 Å². The SMILES string of the molecule is CN=C(NC1CCN(CC(F)(F)F)C1)N1CCC(COCCOC)C1. The summed E-state index contributed by atoms with van der Waals surface area (Å²) in [6, 6.07) is 0.0121. The van der Waals surface area contributed by atoms with Gasteiger partial charge >= 0.3 is 6.18 Å². The minimum Gasteiger partial charge on any atom is -0.382 e. The maximum atomic E-state index is 12.5. The molecular formula is C16H29F3N4O2. The van der Waals surface area contributed by atoms with Gasteiger partial charge in [0.15, 0.2) is 5.96 Å². The molecule has 2 atom stereocenters. The summed E-state index contributed by atoms with van der Waals surface area (Å²) >= 11 is 0. The number of alkyl halides is 3. The molecule has 0 spiro atoms. The van der Waals surface area contributed by atoms with Gasteiger partial charge in [-0.05, 0) is 12.8 Å². The second-order valence-corrected chi connectivity index (χ2v) is 6.70. The molecule has 2 saturated heterocycles. The standard InChI is InChI=1S/C16H29F3N4O2/c1-20-15(21-14-4-5-22(10-14)12-16(17,18)19)23-6-3-13(9-23)11-25-8-7-24-2/h13-14H,3-12H2,1-2H3,(H,20,21). The van der Waals surface area contributed by atoms with Crippen LogP contribution < -0.4 is 5.32 Å². The molecule has 1 N–H and O–H groups in total. The number of hydrogen-bond donors (Lipinski definition) is 1. The molecule has 2 fully saturated rings. The second kappa shape index (κ2) is 9.59. The first kappa shape index (κ1) is 20.3. The number of methoxy groups -OCH3 is 1. The number of nitrogens with one attached hydrogen (secondary N) is 1. The van der Waals surface area contributed by atoms with Crippen molar-refractivity contribution in [1.29, 1.82) is 0 Å². The van der Waals surface area contributed by atoms with Crippen molar-refractivity contribution in [3.63, 3.8) is 0 Å². The lowest BCUT2D eigenvalue weighted by Gasteiger charge is -2.25. The van der Waals surface area contributed by atoms with Gasteiger partial charge in [0.1, 0.15) is 0 Å². The molecule has 0 aromatic carbocycles. The van der Waals surface area contributed by atoms with Gasteiger partial charge in [-0.2, -0.15) is 13.2 Å². The van der Waals surface area contributed by atoms with Gasteiger partial charge in [0.2, 0.25) is 0 Å². The van der Waals surface area contributed by atoms with Gasteiger partial charge in [-0.25, -0.2) is 0 Å². The van der Waals surface area contributed by atoms with E-state index < -0.39 is 12.7 Å². The average molecular weight is 366 g/mol. The summed E-state index contributed by atoms with van der Waals surface area (Å²) in [4.78, 5) is 7.92. The number of aliphatic imine (C=N–C) groups is 1. The summed E-state index contributed by atoms with van der Waals surface area (Å²) in [5.41, 5.74) is 0. The molecule has 2 aliphatic rings. The number of hydrogen-bond acceptors (Lipinski definition) is 4. The van der Waals surface area contributed by atoms with Crippen molar-refractivity contribution in [2.24, 2.45) is 10.9 Å². The predicted octanol–water partition coefficient (Wildman–Crippen LogP) is 1.18. The van der Waals surface area contributed by atoms with Crippen LogP contribution in [-0.4, -0.2) is 94.7 Å². The molecule has 0 saturated carbocycles. The van der Waals surface area contributed by atoms with Crippen LogP contribution in [0.15, 0.2) is 4.99 Å². The summed E-state index contributed by atoms with van der Waals surface area (Å²) in [5, 5.41) is 3.33. The van der Waals surface area contributed by atoms with Gasteiger partial charge in [0.05, 0.1) is 26.4 Å². The van der Waals surface area contributed by atoms with Crippen molar-refractivity contribution < 1.29 is 22.6 Å². The van der Waals surface area contributed by atoms with Crippen LogP contribution in [0.2, 0.25) is 0 Å². The Bertz CT molecular complexity index is 434. The monoisotopic (exact) mass is 366 g/mol. The molecule has 0 aromatic rings. The van der Waals surface area contributed by atoms with Gasteiger partial charge in [0.25, 0.3) is 0 Å². The number of rotatable bonds is 7. The van der Waals surface area contributed by atoms with E-state index in [2.05, 4.69) is 15.2 Å². The highest BCUT2D eigenvalue weighted by atomic mass is 19.4. The fraction of sp³-hybridized carbons (Fsp3) is 0.938. The van der Waals surface area contributed by atoms with Gasteiger partial charge in [-0.1, -0.05) is 0 Å². The van der Waals surface area contributed by atoms with E-state index in [9.17, 15) is 13.2 Å². The van der Waals surface area contributed by atoms with E-state index in [4.69, 9.17) is 9.47 Å².